The highest BCUT2D eigenvalue weighted by Crippen LogP contribution is 2.13. The van der Waals surface area contributed by atoms with Crippen LogP contribution < -0.4 is 10.9 Å². The van der Waals surface area contributed by atoms with Gasteiger partial charge in [0.05, 0.1) is 0 Å². The van der Waals surface area contributed by atoms with Crippen LogP contribution in [0.2, 0.25) is 0 Å². The number of hydrogen-bond donors (Lipinski definition) is 1. The van der Waals surface area contributed by atoms with Gasteiger partial charge in [-0.1, -0.05) is 19.1 Å². The van der Waals surface area contributed by atoms with Gasteiger partial charge < -0.3 is 9.88 Å². The minimum atomic E-state index is -0.552. The van der Waals surface area contributed by atoms with Crippen molar-refractivity contribution in [1.29, 1.82) is 0 Å². The zero-order valence-corrected chi connectivity index (χ0v) is 12.6. The van der Waals surface area contributed by atoms with Crippen LogP contribution >= 0.6 is 0 Å². The average molecular weight is 284 g/mol. The van der Waals surface area contributed by atoms with Crippen LogP contribution in [0.1, 0.15) is 31.0 Å². The SMILES string of the molecule is CCc1ccc(NC(=O)C(C)n2ccc(C)cc2=O)cc1. The van der Waals surface area contributed by atoms with E-state index in [1.807, 2.05) is 37.3 Å². The molecule has 4 heteroatoms. The number of amides is 1. The Kier molecular flexibility index (Phi) is 4.58. The van der Waals surface area contributed by atoms with Crippen LogP contribution in [0, 0.1) is 6.92 Å². The zero-order chi connectivity index (χ0) is 15.4. The smallest absolute Gasteiger partial charge is 0.251 e. The van der Waals surface area contributed by atoms with Gasteiger partial charge >= 0.3 is 0 Å². The van der Waals surface area contributed by atoms with E-state index in [1.54, 1.807) is 13.1 Å². The molecule has 1 atom stereocenters. The number of aromatic nitrogens is 1. The highest BCUT2D eigenvalue weighted by Gasteiger charge is 2.15. The van der Waals surface area contributed by atoms with Crippen molar-refractivity contribution >= 4 is 11.6 Å². The van der Waals surface area contributed by atoms with E-state index in [-0.39, 0.29) is 11.5 Å². The van der Waals surface area contributed by atoms with E-state index in [0.29, 0.717) is 0 Å². The van der Waals surface area contributed by atoms with E-state index in [9.17, 15) is 9.59 Å². The Balaban J connectivity index is 2.13. The van der Waals surface area contributed by atoms with Crippen molar-refractivity contribution in [3.8, 4) is 0 Å². The summed E-state index contributed by atoms with van der Waals surface area (Å²) < 4.78 is 1.43. The molecule has 1 heterocycles. The molecule has 0 radical (unpaired) electrons. The predicted molar refractivity (Wildman–Crippen MR) is 84.6 cm³/mol. The quantitative estimate of drug-likeness (QED) is 0.938. The molecule has 1 amide bonds. The Morgan fingerprint density at radius 3 is 2.48 bits per heavy atom. The molecule has 1 aromatic heterocycles. The Morgan fingerprint density at radius 1 is 1.24 bits per heavy atom. The third kappa shape index (κ3) is 3.60. The Morgan fingerprint density at radius 2 is 1.90 bits per heavy atom. The Bertz CT molecular complexity index is 687. The number of anilines is 1. The summed E-state index contributed by atoms with van der Waals surface area (Å²) in [4.78, 5) is 24.1. The number of aryl methyl sites for hydroxylation is 2. The van der Waals surface area contributed by atoms with Gasteiger partial charge in [-0.15, -0.1) is 0 Å². The fraction of sp³-hybridized carbons (Fsp3) is 0.294. The van der Waals surface area contributed by atoms with E-state index in [2.05, 4.69) is 12.2 Å². The molecule has 1 N–H and O–H groups in total. The number of pyridine rings is 1. The molecule has 4 nitrogen and oxygen atoms in total. The van der Waals surface area contributed by atoms with Crippen LogP contribution in [0.4, 0.5) is 5.69 Å². The first-order valence-electron chi connectivity index (χ1n) is 7.10. The van der Waals surface area contributed by atoms with Gasteiger partial charge in [-0.05, 0) is 49.6 Å². The minimum Gasteiger partial charge on any atom is -0.324 e. The molecule has 0 aliphatic heterocycles. The lowest BCUT2D eigenvalue weighted by Crippen LogP contribution is -2.31. The maximum absolute atomic E-state index is 12.2. The molecular weight excluding hydrogens is 264 g/mol. The lowest BCUT2D eigenvalue weighted by Gasteiger charge is -2.15. The number of nitrogens with one attached hydrogen (secondary N) is 1. The first-order chi connectivity index (χ1) is 10.0. The van der Waals surface area contributed by atoms with Crippen molar-refractivity contribution in [2.45, 2.75) is 33.2 Å². The van der Waals surface area contributed by atoms with Crippen molar-refractivity contribution in [1.82, 2.24) is 4.57 Å². The fourth-order valence-corrected chi connectivity index (χ4v) is 2.11. The van der Waals surface area contributed by atoms with E-state index in [1.165, 1.54) is 16.2 Å². The van der Waals surface area contributed by atoms with Gasteiger partial charge in [0.1, 0.15) is 6.04 Å². The van der Waals surface area contributed by atoms with E-state index in [4.69, 9.17) is 0 Å². The molecule has 0 aliphatic rings. The molecule has 2 rings (SSSR count). The van der Waals surface area contributed by atoms with Crippen molar-refractivity contribution in [2.75, 3.05) is 5.32 Å². The predicted octanol–water partition coefficient (Wildman–Crippen LogP) is 2.92. The minimum absolute atomic E-state index is 0.168. The molecule has 0 saturated carbocycles. The van der Waals surface area contributed by atoms with Crippen LogP contribution in [0.3, 0.4) is 0 Å². The average Bonchev–Trinajstić information content (AvgIpc) is 2.47. The molecule has 0 spiro atoms. The summed E-state index contributed by atoms with van der Waals surface area (Å²) in [6.45, 7) is 5.65. The number of rotatable bonds is 4. The fourth-order valence-electron chi connectivity index (χ4n) is 2.11. The maximum atomic E-state index is 12.2. The molecule has 0 saturated heterocycles. The molecule has 1 aromatic carbocycles. The second kappa shape index (κ2) is 6.39. The summed E-state index contributed by atoms with van der Waals surface area (Å²) >= 11 is 0. The van der Waals surface area contributed by atoms with Gasteiger partial charge in [-0.25, -0.2) is 0 Å². The van der Waals surface area contributed by atoms with Crippen molar-refractivity contribution in [3.63, 3.8) is 0 Å². The van der Waals surface area contributed by atoms with Gasteiger partial charge in [0.25, 0.3) is 5.56 Å². The second-order valence-electron chi connectivity index (χ2n) is 5.17. The summed E-state index contributed by atoms with van der Waals surface area (Å²) in [7, 11) is 0. The summed E-state index contributed by atoms with van der Waals surface area (Å²) in [5.41, 5.74) is 2.68. The standard InChI is InChI=1S/C17H20N2O2/c1-4-14-5-7-15(8-6-14)18-17(21)13(3)19-10-9-12(2)11-16(19)20/h5-11,13H,4H2,1-3H3,(H,18,21). The zero-order valence-electron chi connectivity index (χ0n) is 12.6. The second-order valence-corrected chi connectivity index (χ2v) is 5.17. The first-order valence-corrected chi connectivity index (χ1v) is 7.10. The maximum Gasteiger partial charge on any atom is 0.251 e. The monoisotopic (exact) mass is 284 g/mol. The molecule has 110 valence electrons. The molecule has 0 aliphatic carbocycles. The van der Waals surface area contributed by atoms with Crippen molar-refractivity contribution in [2.24, 2.45) is 0 Å². The Labute approximate surface area is 124 Å². The van der Waals surface area contributed by atoms with Gasteiger partial charge in [-0.2, -0.15) is 0 Å². The lowest BCUT2D eigenvalue weighted by atomic mass is 10.1. The lowest BCUT2D eigenvalue weighted by molar-refractivity contribution is -0.118. The molecule has 0 bridgehead atoms. The number of carbonyl (C=O) groups excluding carboxylic acids is 1. The Hall–Kier alpha value is -2.36. The van der Waals surface area contributed by atoms with Crippen LogP contribution in [0.25, 0.3) is 0 Å². The van der Waals surface area contributed by atoms with Gasteiger partial charge in [0.2, 0.25) is 5.91 Å². The third-order valence-corrected chi connectivity index (χ3v) is 3.53. The van der Waals surface area contributed by atoms with Crippen LogP contribution in [-0.4, -0.2) is 10.5 Å². The summed E-state index contributed by atoms with van der Waals surface area (Å²) in [5.74, 6) is -0.204. The van der Waals surface area contributed by atoms with Gasteiger partial charge in [0.15, 0.2) is 0 Å². The topological polar surface area (TPSA) is 51.1 Å². The summed E-state index contributed by atoms with van der Waals surface area (Å²) in [6, 6.07) is 10.5. The highest BCUT2D eigenvalue weighted by molar-refractivity contribution is 5.93. The molecule has 2 aromatic rings. The largest absolute Gasteiger partial charge is 0.324 e. The summed E-state index contributed by atoms with van der Waals surface area (Å²) in [6.07, 6.45) is 2.62. The molecular formula is C17H20N2O2. The van der Waals surface area contributed by atoms with E-state index >= 15 is 0 Å². The first kappa shape index (κ1) is 15.0. The molecule has 1 unspecified atom stereocenters. The van der Waals surface area contributed by atoms with E-state index < -0.39 is 6.04 Å². The van der Waals surface area contributed by atoms with Crippen LogP contribution in [0.15, 0.2) is 47.4 Å². The van der Waals surface area contributed by atoms with Crippen LogP contribution in [-0.2, 0) is 11.2 Å². The molecule has 21 heavy (non-hydrogen) atoms. The van der Waals surface area contributed by atoms with Gasteiger partial charge in [0, 0.05) is 18.0 Å². The van der Waals surface area contributed by atoms with Crippen molar-refractivity contribution in [3.05, 3.63) is 64.1 Å². The normalized spacial score (nSPS) is 12.0. The number of carbonyl (C=O) groups is 1. The van der Waals surface area contributed by atoms with Crippen molar-refractivity contribution < 1.29 is 4.79 Å². The molecule has 0 fully saturated rings. The van der Waals surface area contributed by atoms with E-state index in [0.717, 1.165) is 17.7 Å². The number of hydrogen-bond acceptors (Lipinski definition) is 2. The number of benzene rings is 1. The number of nitrogens with zero attached hydrogens (tertiary/aromatic N) is 1. The van der Waals surface area contributed by atoms with Gasteiger partial charge in [-0.3, -0.25) is 9.59 Å². The third-order valence-electron chi connectivity index (χ3n) is 3.53. The summed E-state index contributed by atoms with van der Waals surface area (Å²) in [5, 5.41) is 2.83. The van der Waals surface area contributed by atoms with Crippen LogP contribution in [0.5, 0.6) is 0 Å². The highest BCUT2D eigenvalue weighted by atomic mass is 16.2.